The third kappa shape index (κ3) is 1.57. The number of nitrogens with one attached hydrogen (secondary N) is 1. The van der Waals surface area contributed by atoms with Crippen LogP contribution in [0.2, 0.25) is 0 Å². The van der Waals surface area contributed by atoms with Crippen LogP contribution in [0, 0.1) is 0 Å². The summed E-state index contributed by atoms with van der Waals surface area (Å²) in [5.41, 5.74) is 1.45. The molecule has 0 amide bonds. The Balaban J connectivity index is 1.94. The zero-order valence-corrected chi connectivity index (χ0v) is 11.0. The Morgan fingerprint density at radius 2 is 1.89 bits per heavy atom. The molecule has 3 aromatic rings. The van der Waals surface area contributed by atoms with Gasteiger partial charge in [-0.05, 0) is 43.1 Å². The van der Waals surface area contributed by atoms with Gasteiger partial charge in [0.25, 0.3) is 0 Å². The maximum atomic E-state index is 3.58. The van der Waals surface area contributed by atoms with Crippen LogP contribution in [0.3, 0.4) is 0 Å². The van der Waals surface area contributed by atoms with Crippen LogP contribution in [-0.4, -0.2) is 6.54 Å². The molecule has 1 N–H and O–H groups in total. The van der Waals surface area contributed by atoms with Crippen LogP contribution in [0.5, 0.6) is 0 Å². The zero-order valence-electron chi connectivity index (χ0n) is 10.1. The summed E-state index contributed by atoms with van der Waals surface area (Å²) in [6.07, 6.45) is 2.57. The monoisotopic (exact) mass is 253 g/mol. The Kier molecular flexibility index (Phi) is 2.39. The van der Waals surface area contributed by atoms with Gasteiger partial charge in [-0.1, -0.05) is 24.3 Å². The summed E-state index contributed by atoms with van der Waals surface area (Å²) in [4.78, 5) is 0. The standard InChI is InChI=1S/C16H15NS/c1-2-6-15-12(4-1)13-10-11(7-8-16(13)18-15)14-5-3-9-17-14/h1-2,4,6-8,10,14,17H,3,5,9H2. The molecule has 90 valence electrons. The van der Waals surface area contributed by atoms with E-state index >= 15 is 0 Å². The summed E-state index contributed by atoms with van der Waals surface area (Å²) >= 11 is 1.89. The van der Waals surface area contributed by atoms with Gasteiger partial charge < -0.3 is 5.32 Å². The Morgan fingerprint density at radius 3 is 2.78 bits per heavy atom. The molecule has 1 fully saturated rings. The molecule has 0 aliphatic carbocycles. The van der Waals surface area contributed by atoms with Crippen molar-refractivity contribution in [2.24, 2.45) is 0 Å². The van der Waals surface area contributed by atoms with Gasteiger partial charge in [0, 0.05) is 26.2 Å². The molecular weight excluding hydrogens is 238 g/mol. The highest BCUT2D eigenvalue weighted by Crippen LogP contribution is 2.36. The fourth-order valence-electron chi connectivity index (χ4n) is 2.93. The van der Waals surface area contributed by atoms with E-state index in [2.05, 4.69) is 47.8 Å². The molecule has 0 radical (unpaired) electrons. The molecule has 4 rings (SSSR count). The van der Waals surface area contributed by atoms with Crippen molar-refractivity contribution in [2.75, 3.05) is 6.54 Å². The summed E-state index contributed by atoms with van der Waals surface area (Å²) < 4.78 is 2.79. The molecule has 1 atom stereocenters. The highest BCUT2D eigenvalue weighted by Gasteiger charge is 2.16. The largest absolute Gasteiger partial charge is 0.310 e. The van der Waals surface area contributed by atoms with E-state index in [9.17, 15) is 0 Å². The minimum atomic E-state index is 0.563. The second kappa shape index (κ2) is 4.08. The van der Waals surface area contributed by atoms with Gasteiger partial charge in [-0.15, -0.1) is 11.3 Å². The molecule has 1 aromatic heterocycles. The highest BCUT2D eigenvalue weighted by molar-refractivity contribution is 7.25. The quantitative estimate of drug-likeness (QED) is 0.674. The predicted octanol–water partition coefficient (Wildman–Crippen LogP) is 4.48. The maximum Gasteiger partial charge on any atom is 0.0355 e. The first-order valence-electron chi connectivity index (χ1n) is 6.56. The Labute approximate surface area is 110 Å². The van der Waals surface area contributed by atoms with Gasteiger partial charge in [0.15, 0.2) is 0 Å². The van der Waals surface area contributed by atoms with E-state index in [1.807, 2.05) is 11.3 Å². The Hall–Kier alpha value is -1.38. The molecule has 0 bridgehead atoms. The molecule has 1 aliphatic rings. The van der Waals surface area contributed by atoms with E-state index in [4.69, 9.17) is 0 Å². The van der Waals surface area contributed by atoms with Gasteiger partial charge in [-0.2, -0.15) is 0 Å². The molecular formula is C16H15NS. The lowest BCUT2D eigenvalue weighted by atomic mass is 10.0. The highest BCUT2D eigenvalue weighted by atomic mass is 32.1. The molecule has 0 spiro atoms. The van der Waals surface area contributed by atoms with Crippen LogP contribution in [0.4, 0.5) is 0 Å². The van der Waals surface area contributed by atoms with Crippen LogP contribution in [0.15, 0.2) is 42.5 Å². The van der Waals surface area contributed by atoms with E-state index in [1.165, 1.54) is 38.6 Å². The lowest BCUT2D eigenvalue weighted by molar-refractivity contribution is 0.649. The summed E-state index contributed by atoms with van der Waals surface area (Å²) in [5, 5.41) is 6.40. The van der Waals surface area contributed by atoms with Crippen molar-refractivity contribution < 1.29 is 0 Å². The van der Waals surface area contributed by atoms with Crippen LogP contribution < -0.4 is 5.32 Å². The normalized spacial score (nSPS) is 19.9. The van der Waals surface area contributed by atoms with Crippen LogP contribution in [-0.2, 0) is 0 Å². The molecule has 1 nitrogen and oxygen atoms in total. The molecule has 18 heavy (non-hydrogen) atoms. The number of hydrogen-bond donors (Lipinski definition) is 1. The number of rotatable bonds is 1. The summed E-state index contributed by atoms with van der Waals surface area (Å²) in [6.45, 7) is 1.16. The topological polar surface area (TPSA) is 12.0 Å². The number of fused-ring (bicyclic) bond motifs is 3. The van der Waals surface area contributed by atoms with Crippen LogP contribution in [0.1, 0.15) is 24.4 Å². The van der Waals surface area contributed by atoms with E-state index in [1.54, 1.807) is 0 Å². The number of thiophene rings is 1. The van der Waals surface area contributed by atoms with Crippen molar-refractivity contribution in [3.05, 3.63) is 48.0 Å². The number of hydrogen-bond acceptors (Lipinski definition) is 2. The maximum absolute atomic E-state index is 3.58. The molecule has 2 aromatic carbocycles. The summed E-state index contributed by atoms with van der Waals surface area (Å²) in [5.74, 6) is 0. The first-order valence-corrected chi connectivity index (χ1v) is 7.38. The number of benzene rings is 2. The molecule has 1 unspecified atom stereocenters. The lowest BCUT2D eigenvalue weighted by Crippen LogP contribution is -2.12. The van der Waals surface area contributed by atoms with E-state index in [0.717, 1.165) is 6.54 Å². The molecule has 1 saturated heterocycles. The average Bonchev–Trinajstić information content (AvgIpc) is 3.05. The molecule has 1 aliphatic heterocycles. The van der Waals surface area contributed by atoms with Crippen molar-refractivity contribution in [3.63, 3.8) is 0 Å². The average molecular weight is 253 g/mol. The van der Waals surface area contributed by atoms with Crippen LogP contribution in [0.25, 0.3) is 20.2 Å². The van der Waals surface area contributed by atoms with Gasteiger partial charge >= 0.3 is 0 Å². The van der Waals surface area contributed by atoms with Gasteiger partial charge in [0.1, 0.15) is 0 Å². The minimum absolute atomic E-state index is 0.563. The third-order valence-electron chi connectivity index (χ3n) is 3.86. The van der Waals surface area contributed by atoms with Crippen molar-refractivity contribution in [3.8, 4) is 0 Å². The molecule has 0 saturated carbocycles. The smallest absolute Gasteiger partial charge is 0.0355 e. The van der Waals surface area contributed by atoms with Crippen molar-refractivity contribution in [1.82, 2.24) is 5.32 Å². The fraction of sp³-hybridized carbons (Fsp3) is 0.250. The van der Waals surface area contributed by atoms with Crippen molar-refractivity contribution in [1.29, 1.82) is 0 Å². The van der Waals surface area contributed by atoms with Crippen molar-refractivity contribution in [2.45, 2.75) is 18.9 Å². The second-order valence-electron chi connectivity index (χ2n) is 5.00. The first kappa shape index (κ1) is 10.5. The molecule has 2 heteroatoms. The zero-order chi connectivity index (χ0) is 11.9. The minimum Gasteiger partial charge on any atom is -0.310 e. The van der Waals surface area contributed by atoms with Crippen molar-refractivity contribution >= 4 is 31.5 Å². The Morgan fingerprint density at radius 1 is 1.00 bits per heavy atom. The van der Waals surface area contributed by atoms with Crippen LogP contribution >= 0.6 is 11.3 Å². The van der Waals surface area contributed by atoms with E-state index in [0.29, 0.717) is 6.04 Å². The molecule has 2 heterocycles. The van der Waals surface area contributed by atoms with Gasteiger partial charge in [0.05, 0.1) is 0 Å². The SMILES string of the molecule is c1ccc2c(c1)sc1ccc(C3CCCN3)cc12. The fourth-order valence-corrected chi connectivity index (χ4v) is 4.02. The third-order valence-corrected chi connectivity index (χ3v) is 5.02. The first-order chi connectivity index (χ1) is 8.92. The second-order valence-corrected chi connectivity index (χ2v) is 6.09. The summed E-state index contributed by atoms with van der Waals surface area (Å²) in [6, 6.07) is 16.2. The van der Waals surface area contributed by atoms with E-state index in [-0.39, 0.29) is 0 Å². The van der Waals surface area contributed by atoms with Gasteiger partial charge in [-0.3, -0.25) is 0 Å². The van der Waals surface area contributed by atoms with Gasteiger partial charge in [-0.25, -0.2) is 0 Å². The summed E-state index contributed by atoms with van der Waals surface area (Å²) in [7, 11) is 0. The van der Waals surface area contributed by atoms with E-state index < -0.39 is 0 Å². The predicted molar refractivity (Wildman–Crippen MR) is 79.3 cm³/mol. The lowest BCUT2D eigenvalue weighted by Gasteiger charge is -2.10. The van der Waals surface area contributed by atoms with Gasteiger partial charge in [0.2, 0.25) is 0 Å². The Bertz CT molecular complexity index is 707.